The van der Waals surface area contributed by atoms with Gasteiger partial charge in [-0.1, -0.05) is 15.9 Å². The van der Waals surface area contributed by atoms with Gasteiger partial charge in [0.15, 0.2) is 5.78 Å². The van der Waals surface area contributed by atoms with E-state index in [2.05, 4.69) is 30.7 Å². The lowest BCUT2D eigenvalue weighted by Crippen LogP contribution is -2.01. The SMILES string of the molecule is C[S](C)(Br)=CC(=O)c1ccc(Br)cc1. The van der Waals surface area contributed by atoms with Crippen LogP contribution in [0.15, 0.2) is 28.7 Å². The maximum atomic E-state index is 11.7. The second-order valence-electron chi connectivity index (χ2n) is 3.27. The van der Waals surface area contributed by atoms with Gasteiger partial charge in [-0.2, -0.15) is 8.05 Å². The molecule has 1 nitrogen and oxygen atoms in total. The number of hydrogen-bond donors (Lipinski definition) is 0. The second kappa shape index (κ2) is 4.73. The Morgan fingerprint density at radius 1 is 1.29 bits per heavy atom. The molecule has 0 saturated carbocycles. The van der Waals surface area contributed by atoms with E-state index in [-0.39, 0.29) is 5.78 Å². The van der Waals surface area contributed by atoms with Crippen molar-refractivity contribution < 1.29 is 4.79 Å². The molecule has 0 aliphatic heterocycles. The first-order valence-electron chi connectivity index (χ1n) is 3.96. The lowest BCUT2D eigenvalue weighted by molar-refractivity contribution is 0.107. The highest BCUT2D eigenvalue weighted by molar-refractivity contribution is 9.57. The van der Waals surface area contributed by atoms with Gasteiger partial charge in [0.2, 0.25) is 0 Å². The van der Waals surface area contributed by atoms with Crippen LogP contribution in [0.3, 0.4) is 0 Å². The Kier molecular flexibility index (Phi) is 4.10. The fourth-order valence-corrected chi connectivity index (χ4v) is 2.36. The van der Waals surface area contributed by atoms with Gasteiger partial charge in [0.1, 0.15) is 0 Å². The average molecular weight is 339 g/mol. The number of ketones is 1. The summed E-state index contributed by atoms with van der Waals surface area (Å²) in [7, 11) is -1.06. The quantitative estimate of drug-likeness (QED) is 0.592. The molecule has 1 aromatic rings. The summed E-state index contributed by atoms with van der Waals surface area (Å²) in [5.74, 6) is 0.0781. The number of carbonyl (C=O) groups is 1. The minimum Gasteiger partial charge on any atom is -0.289 e. The predicted octanol–water partition coefficient (Wildman–Crippen LogP) is 3.81. The van der Waals surface area contributed by atoms with Gasteiger partial charge in [-0.3, -0.25) is 4.79 Å². The molecule has 0 amide bonds. The van der Waals surface area contributed by atoms with Crippen molar-refractivity contribution in [3.8, 4) is 0 Å². The fraction of sp³-hybridized carbons (Fsp3) is 0.200. The van der Waals surface area contributed by atoms with E-state index in [1.807, 2.05) is 36.8 Å². The van der Waals surface area contributed by atoms with E-state index >= 15 is 0 Å². The first-order valence-corrected chi connectivity index (χ1v) is 9.11. The highest BCUT2D eigenvalue weighted by Gasteiger charge is 2.04. The minimum atomic E-state index is -1.06. The molecule has 0 saturated heterocycles. The molecular formula is C10H11Br2OS. The molecule has 14 heavy (non-hydrogen) atoms. The van der Waals surface area contributed by atoms with Crippen molar-refractivity contribution >= 4 is 49.9 Å². The van der Waals surface area contributed by atoms with Crippen LogP contribution < -0.4 is 0 Å². The molecule has 0 spiro atoms. The van der Waals surface area contributed by atoms with E-state index in [0.717, 1.165) is 10.0 Å². The van der Waals surface area contributed by atoms with Crippen LogP contribution in [-0.2, 0) is 0 Å². The number of Topliss-reactive ketones (excluding diaryl/α,β-unsaturated/α-hetero) is 1. The Hall–Kier alpha value is 0.0700. The van der Waals surface area contributed by atoms with Crippen LogP contribution in [0.4, 0.5) is 0 Å². The Balaban J connectivity index is 2.97. The number of carbonyl (C=O) groups excluding carboxylic acids is 1. The largest absolute Gasteiger partial charge is 0.289 e. The molecule has 0 heterocycles. The van der Waals surface area contributed by atoms with Crippen LogP contribution in [0.5, 0.6) is 0 Å². The molecule has 0 fully saturated rings. The van der Waals surface area contributed by atoms with Gasteiger partial charge in [0.25, 0.3) is 0 Å². The van der Waals surface area contributed by atoms with Crippen molar-refractivity contribution in [2.45, 2.75) is 0 Å². The lowest BCUT2D eigenvalue weighted by Gasteiger charge is -2.06. The monoisotopic (exact) mass is 337 g/mol. The summed E-state index contributed by atoms with van der Waals surface area (Å²) in [4.78, 5) is 11.7. The summed E-state index contributed by atoms with van der Waals surface area (Å²) in [6.07, 6.45) is 4.04. The molecule has 77 valence electrons. The van der Waals surface area contributed by atoms with Crippen molar-refractivity contribution in [2.24, 2.45) is 0 Å². The number of benzene rings is 1. The van der Waals surface area contributed by atoms with Crippen LogP contribution in [-0.4, -0.2) is 23.7 Å². The molecule has 0 aliphatic rings. The van der Waals surface area contributed by atoms with E-state index in [1.54, 1.807) is 5.37 Å². The summed E-state index contributed by atoms with van der Waals surface area (Å²) in [6, 6.07) is 7.39. The standard InChI is InChI=1S/C10H11Br2OS/c1-14(2,12)7-10(13)8-3-5-9(11)6-4-8/h3-7H,1-2H3. The summed E-state index contributed by atoms with van der Waals surface area (Å²) >= 11 is 6.82. The van der Waals surface area contributed by atoms with Crippen LogP contribution in [0.1, 0.15) is 10.4 Å². The maximum Gasteiger partial charge on any atom is 0.191 e. The first-order chi connectivity index (χ1) is 6.38. The van der Waals surface area contributed by atoms with Crippen molar-refractivity contribution in [2.75, 3.05) is 12.5 Å². The van der Waals surface area contributed by atoms with Crippen LogP contribution in [0.25, 0.3) is 0 Å². The van der Waals surface area contributed by atoms with Crippen molar-refractivity contribution in [1.82, 2.24) is 0 Å². The average Bonchev–Trinajstić information content (AvgIpc) is 2.02. The number of halogens is 2. The molecule has 0 unspecified atom stereocenters. The van der Waals surface area contributed by atoms with E-state index in [0.29, 0.717) is 0 Å². The van der Waals surface area contributed by atoms with Gasteiger partial charge in [0, 0.05) is 15.4 Å². The van der Waals surface area contributed by atoms with E-state index in [9.17, 15) is 4.79 Å². The highest BCUT2D eigenvalue weighted by Crippen LogP contribution is 2.35. The second-order valence-corrected chi connectivity index (χ2v) is 12.0. The summed E-state index contributed by atoms with van der Waals surface area (Å²) in [5.41, 5.74) is 0.730. The van der Waals surface area contributed by atoms with Gasteiger partial charge < -0.3 is 0 Å². The molecular weight excluding hydrogens is 328 g/mol. The summed E-state index contributed by atoms with van der Waals surface area (Å²) < 4.78 is 0.986. The molecule has 1 rings (SSSR count). The molecule has 0 aromatic heterocycles. The number of rotatable bonds is 2. The fourth-order valence-electron chi connectivity index (χ4n) is 0.937. The van der Waals surface area contributed by atoms with Gasteiger partial charge >= 0.3 is 0 Å². The summed E-state index contributed by atoms with van der Waals surface area (Å²) in [5, 5.41) is 1.75. The summed E-state index contributed by atoms with van der Waals surface area (Å²) in [6.45, 7) is 0. The zero-order chi connectivity index (χ0) is 10.8. The van der Waals surface area contributed by atoms with Crippen LogP contribution >= 0.6 is 38.8 Å². The van der Waals surface area contributed by atoms with Crippen LogP contribution in [0, 0.1) is 0 Å². The molecule has 0 aliphatic carbocycles. The Morgan fingerprint density at radius 3 is 2.21 bits per heavy atom. The van der Waals surface area contributed by atoms with Crippen LogP contribution in [0.2, 0.25) is 0 Å². The smallest absolute Gasteiger partial charge is 0.191 e. The molecule has 0 atom stereocenters. The van der Waals surface area contributed by atoms with E-state index < -0.39 is 8.05 Å². The highest BCUT2D eigenvalue weighted by atomic mass is 79.9. The Bertz CT molecular complexity index is 381. The third kappa shape index (κ3) is 4.07. The minimum absolute atomic E-state index is 0.0781. The zero-order valence-corrected chi connectivity index (χ0v) is 11.9. The first kappa shape index (κ1) is 12.1. The third-order valence-electron chi connectivity index (χ3n) is 1.52. The topological polar surface area (TPSA) is 17.1 Å². The van der Waals surface area contributed by atoms with Gasteiger partial charge in [-0.15, -0.1) is 0 Å². The molecule has 4 heteroatoms. The predicted molar refractivity (Wildman–Crippen MR) is 72.9 cm³/mol. The number of hydrogen-bond acceptors (Lipinski definition) is 1. The Labute approximate surface area is 101 Å². The van der Waals surface area contributed by atoms with E-state index in [1.165, 1.54) is 0 Å². The van der Waals surface area contributed by atoms with Gasteiger partial charge in [0.05, 0.1) is 0 Å². The third-order valence-corrected chi connectivity index (χ3v) is 3.38. The zero-order valence-electron chi connectivity index (χ0n) is 7.96. The van der Waals surface area contributed by atoms with Gasteiger partial charge in [-0.25, -0.2) is 0 Å². The van der Waals surface area contributed by atoms with E-state index in [4.69, 9.17) is 0 Å². The van der Waals surface area contributed by atoms with Crippen molar-refractivity contribution in [3.05, 3.63) is 34.3 Å². The molecule has 1 radical (unpaired) electrons. The van der Waals surface area contributed by atoms with Crippen molar-refractivity contribution in [3.63, 3.8) is 0 Å². The normalized spacial score (nSPS) is 11.1. The lowest BCUT2D eigenvalue weighted by atomic mass is 10.2. The molecule has 0 N–H and O–H groups in total. The molecule has 1 aromatic carbocycles. The molecule has 0 bridgehead atoms. The van der Waals surface area contributed by atoms with Gasteiger partial charge in [-0.05, 0) is 51.6 Å². The maximum absolute atomic E-state index is 11.7. The van der Waals surface area contributed by atoms with Crippen molar-refractivity contribution in [1.29, 1.82) is 0 Å². The Morgan fingerprint density at radius 2 is 1.79 bits per heavy atom.